The molecule has 1 aromatic rings. The zero-order valence-electron chi connectivity index (χ0n) is 30.3. The van der Waals surface area contributed by atoms with Gasteiger partial charge in [-0.1, -0.05) is 33.8 Å². The first-order valence-electron chi connectivity index (χ1n) is 17.0. The van der Waals surface area contributed by atoms with Crippen LogP contribution in [0.2, 0.25) is 0 Å². The highest BCUT2D eigenvalue weighted by Gasteiger charge is 2.42. The van der Waals surface area contributed by atoms with E-state index in [1.54, 1.807) is 35.0 Å². The minimum atomic E-state index is -1.18. The van der Waals surface area contributed by atoms with E-state index >= 15 is 0 Å². The Hall–Kier alpha value is -3.32. The van der Waals surface area contributed by atoms with Gasteiger partial charge in [0.15, 0.2) is 11.5 Å². The zero-order valence-corrected chi connectivity index (χ0v) is 30.3. The highest BCUT2D eigenvalue weighted by atomic mass is 17.0. The Morgan fingerprint density at radius 2 is 1.71 bits per heavy atom. The molecule has 13 heteroatoms. The number of carboxylic acid groups (broad SMARTS) is 1. The van der Waals surface area contributed by atoms with Crippen LogP contribution < -0.4 is 14.8 Å². The van der Waals surface area contributed by atoms with Gasteiger partial charge in [-0.15, -0.1) is 10.1 Å². The number of amides is 2. The molecule has 3 atom stereocenters. The highest BCUT2D eigenvalue weighted by Crippen LogP contribution is 2.39. The van der Waals surface area contributed by atoms with Gasteiger partial charge in [0.05, 0.1) is 25.9 Å². The first-order chi connectivity index (χ1) is 22.4. The molecule has 0 unspecified atom stereocenters. The molecule has 13 nitrogen and oxygen atoms in total. The van der Waals surface area contributed by atoms with E-state index < -0.39 is 40.4 Å². The molecule has 0 aliphatic heterocycles. The molecule has 2 amide bonds. The molecule has 0 bridgehead atoms. The van der Waals surface area contributed by atoms with Gasteiger partial charge in [-0.25, -0.2) is 4.79 Å². The summed E-state index contributed by atoms with van der Waals surface area (Å²) in [4.78, 5) is 43.0. The highest BCUT2D eigenvalue weighted by molar-refractivity contribution is 5.82. The second-order valence-electron chi connectivity index (χ2n) is 14.8. The lowest BCUT2D eigenvalue weighted by molar-refractivity contribution is -0.769. The van der Waals surface area contributed by atoms with Crippen molar-refractivity contribution >= 4 is 12.0 Å². The van der Waals surface area contributed by atoms with Crippen LogP contribution in [0.15, 0.2) is 18.2 Å². The summed E-state index contributed by atoms with van der Waals surface area (Å²) in [6.07, 6.45) is 1.07. The van der Waals surface area contributed by atoms with Crippen LogP contribution in [0, 0.1) is 33.3 Å². The summed E-state index contributed by atoms with van der Waals surface area (Å²) in [5.74, 6) is 1.08. The number of aliphatic hydroxyl groups is 1. The van der Waals surface area contributed by atoms with Crippen molar-refractivity contribution in [3.63, 3.8) is 0 Å². The lowest BCUT2D eigenvalue weighted by Crippen LogP contribution is -2.58. The molecule has 1 saturated carbocycles. The van der Waals surface area contributed by atoms with Gasteiger partial charge in [0, 0.05) is 37.6 Å². The summed E-state index contributed by atoms with van der Waals surface area (Å²) in [6, 6.07) is 4.98. The van der Waals surface area contributed by atoms with Crippen LogP contribution in [0.1, 0.15) is 92.6 Å². The van der Waals surface area contributed by atoms with Crippen LogP contribution in [-0.4, -0.2) is 90.0 Å². The van der Waals surface area contributed by atoms with E-state index in [1.165, 1.54) is 4.90 Å². The van der Waals surface area contributed by atoms with Crippen LogP contribution in [0.5, 0.6) is 11.5 Å². The number of carbonyl (C=O) groups excluding carboxylic acids is 1. The smallest absolute Gasteiger partial charge is 0.408 e. The van der Waals surface area contributed by atoms with Crippen LogP contribution in [0.3, 0.4) is 0 Å². The fourth-order valence-electron chi connectivity index (χ4n) is 6.67. The predicted molar refractivity (Wildman–Crippen MR) is 182 cm³/mol. The van der Waals surface area contributed by atoms with Crippen LogP contribution in [0.25, 0.3) is 0 Å². The normalized spacial score (nSPS) is 18.8. The van der Waals surface area contributed by atoms with Gasteiger partial charge < -0.3 is 34.6 Å². The van der Waals surface area contributed by atoms with Crippen molar-refractivity contribution in [1.29, 1.82) is 0 Å². The predicted octanol–water partition coefficient (Wildman–Crippen LogP) is 5.73. The van der Waals surface area contributed by atoms with Crippen molar-refractivity contribution in [1.82, 2.24) is 10.2 Å². The molecular formula is C35H59N3O10. The van der Waals surface area contributed by atoms with E-state index in [1.807, 2.05) is 32.0 Å². The van der Waals surface area contributed by atoms with Crippen molar-refractivity contribution < 1.29 is 43.9 Å². The molecule has 1 aliphatic carbocycles. The molecule has 0 heterocycles. The lowest BCUT2D eigenvalue weighted by Gasteiger charge is -2.44. The Labute approximate surface area is 285 Å². The molecule has 274 valence electrons. The van der Waals surface area contributed by atoms with Crippen molar-refractivity contribution in [2.75, 3.05) is 34.0 Å². The number of methoxy groups -OCH3 is 2. The third-order valence-electron chi connectivity index (χ3n) is 9.65. The summed E-state index contributed by atoms with van der Waals surface area (Å²) < 4.78 is 16.6. The number of nitrogens with one attached hydrogen (secondary N) is 1. The number of ether oxygens (including phenoxy) is 3. The number of rotatable bonds is 19. The van der Waals surface area contributed by atoms with Gasteiger partial charge in [0.1, 0.15) is 6.10 Å². The largest absolute Gasteiger partial charge is 0.493 e. The number of carbonyl (C=O) groups is 2. The third-order valence-corrected chi connectivity index (χ3v) is 9.65. The molecule has 2 rings (SSSR count). The minimum Gasteiger partial charge on any atom is -0.493 e. The van der Waals surface area contributed by atoms with E-state index in [2.05, 4.69) is 19.2 Å². The minimum absolute atomic E-state index is 0.0210. The fraction of sp³-hybridized carbons (Fsp3) is 0.771. The number of aliphatic hydroxyl groups excluding tert-OH is 1. The van der Waals surface area contributed by atoms with Crippen molar-refractivity contribution in [2.24, 2.45) is 23.2 Å². The van der Waals surface area contributed by atoms with Gasteiger partial charge in [0.25, 0.3) is 5.09 Å². The Bertz CT molecular complexity index is 1180. The summed E-state index contributed by atoms with van der Waals surface area (Å²) in [6.45, 7) is 14.1. The Morgan fingerprint density at radius 1 is 1.06 bits per heavy atom. The first kappa shape index (κ1) is 40.9. The second-order valence-corrected chi connectivity index (χ2v) is 14.8. The molecule has 1 aliphatic rings. The molecule has 1 fully saturated rings. The molecule has 0 saturated heterocycles. The number of benzene rings is 1. The van der Waals surface area contributed by atoms with E-state index in [0.29, 0.717) is 63.2 Å². The maximum atomic E-state index is 13.5. The first-order valence-corrected chi connectivity index (χ1v) is 17.0. The van der Waals surface area contributed by atoms with Gasteiger partial charge in [-0.2, -0.15) is 0 Å². The molecule has 1 aromatic carbocycles. The summed E-state index contributed by atoms with van der Waals surface area (Å²) in [5, 5.41) is 34.9. The summed E-state index contributed by atoms with van der Waals surface area (Å²) in [7, 11) is 3.23. The van der Waals surface area contributed by atoms with Gasteiger partial charge in [0.2, 0.25) is 5.91 Å². The molecule has 0 spiro atoms. The Balaban J connectivity index is 2.25. The third kappa shape index (κ3) is 12.0. The van der Waals surface area contributed by atoms with Crippen molar-refractivity contribution in [2.45, 2.75) is 117 Å². The van der Waals surface area contributed by atoms with E-state index in [4.69, 9.17) is 19.0 Å². The molecule has 48 heavy (non-hydrogen) atoms. The van der Waals surface area contributed by atoms with E-state index in [9.17, 15) is 29.9 Å². The van der Waals surface area contributed by atoms with Gasteiger partial charge >= 0.3 is 6.09 Å². The Morgan fingerprint density at radius 3 is 2.23 bits per heavy atom. The molecule has 0 radical (unpaired) electrons. The van der Waals surface area contributed by atoms with Gasteiger partial charge in [-0.05, 0) is 94.7 Å². The van der Waals surface area contributed by atoms with Crippen molar-refractivity contribution in [3.05, 3.63) is 33.9 Å². The summed E-state index contributed by atoms with van der Waals surface area (Å²) in [5.41, 5.74) is -0.630. The maximum Gasteiger partial charge on any atom is 0.408 e. The quantitative estimate of drug-likeness (QED) is 0.0931. The zero-order chi connectivity index (χ0) is 36.2. The number of hydrogen-bond acceptors (Lipinski definition) is 9. The lowest BCUT2D eigenvalue weighted by atomic mass is 9.70. The fourth-order valence-corrected chi connectivity index (χ4v) is 6.67. The topological polar surface area (TPSA) is 170 Å². The molecule has 0 aromatic heterocycles. The van der Waals surface area contributed by atoms with E-state index in [0.717, 1.165) is 12.0 Å². The summed E-state index contributed by atoms with van der Waals surface area (Å²) >= 11 is 0. The van der Waals surface area contributed by atoms with Crippen LogP contribution in [0.4, 0.5) is 4.79 Å². The second kappa shape index (κ2) is 18.4. The Kier molecular flexibility index (Phi) is 15.7. The average molecular weight is 682 g/mol. The molecular weight excluding hydrogens is 622 g/mol. The average Bonchev–Trinajstić information content (AvgIpc) is 3.00. The number of hydrogen-bond donors (Lipinski definition) is 3. The maximum absolute atomic E-state index is 13.5. The van der Waals surface area contributed by atoms with Crippen LogP contribution in [-0.2, 0) is 20.8 Å². The molecule has 3 N–H and O–H groups in total. The van der Waals surface area contributed by atoms with Crippen molar-refractivity contribution in [3.8, 4) is 11.5 Å². The SMILES string of the molecule is COCCCOc1cc(C[C@H](C[C@@H]([C@@H](O)CNC(=O)C(C)(C)C2CCC(O[N+](=O)[O-])CC2)N(C(=O)O)C(C)(C)C)C(C)C)ccc1OC. The van der Waals surface area contributed by atoms with Gasteiger partial charge in [-0.3, -0.25) is 9.69 Å². The standard InChI is InChI=1S/C35H59N3O10/c1-23(2)25(19-24-11-16-30(46-9)31(20-24)47-18-10-17-45-8)21-28(37(33(41)42)34(3,4)5)29(39)22-36-32(40)35(6,7)26-12-14-27(15-13-26)48-38(43)44/h11,16,20,23,25-29,39H,10,12-15,17-19,21-22H2,1-9H3,(H,36,40)(H,41,42)/t25-,26?,27?,28+,29+/m1/s1. The van der Waals surface area contributed by atoms with E-state index in [-0.39, 0.29) is 30.2 Å². The number of nitrogens with zero attached hydrogens (tertiary/aromatic N) is 2. The monoisotopic (exact) mass is 681 g/mol. The van der Waals surface area contributed by atoms with Crippen LogP contribution >= 0.6 is 0 Å².